The summed E-state index contributed by atoms with van der Waals surface area (Å²) in [5.74, 6) is -0.235. The van der Waals surface area contributed by atoms with Crippen LogP contribution in [0, 0.1) is 0 Å². The van der Waals surface area contributed by atoms with E-state index in [1.165, 1.54) is 4.52 Å². The standard InChI is InChI=1S/C30H26N8O/c1-19(34-30(39)26-28(31)36-38-15-7-14-32-29(26)38)27-24(21-8-4-3-5-9-21)16-23-22(10-6-11-25(23)35-27)13-12-20-17-33-37(2)18-20/h3-19H,1-2H3,(H2,31,36)(H,34,39)/b13-12+. The lowest BCUT2D eigenvalue weighted by Crippen LogP contribution is -2.28. The summed E-state index contributed by atoms with van der Waals surface area (Å²) >= 11 is 0. The first kappa shape index (κ1) is 24.1. The third-order valence-corrected chi connectivity index (χ3v) is 6.59. The number of nitrogens with zero attached hydrogens (tertiary/aromatic N) is 6. The largest absolute Gasteiger partial charge is 0.381 e. The van der Waals surface area contributed by atoms with Gasteiger partial charge in [0.25, 0.3) is 5.91 Å². The summed E-state index contributed by atoms with van der Waals surface area (Å²) in [6, 6.07) is 19.5. The summed E-state index contributed by atoms with van der Waals surface area (Å²) < 4.78 is 3.27. The van der Waals surface area contributed by atoms with Crippen molar-refractivity contribution in [3.8, 4) is 11.1 Å². The minimum Gasteiger partial charge on any atom is -0.381 e. The van der Waals surface area contributed by atoms with Gasteiger partial charge >= 0.3 is 0 Å². The smallest absolute Gasteiger partial charge is 0.259 e. The first-order valence-corrected chi connectivity index (χ1v) is 12.5. The number of pyridine rings is 1. The number of aromatic nitrogens is 6. The summed E-state index contributed by atoms with van der Waals surface area (Å²) in [6.07, 6.45) is 11.2. The first-order chi connectivity index (χ1) is 19.0. The molecule has 0 bridgehead atoms. The maximum Gasteiger partial charge on any atom is 0.259 e. The highest BCUT2D eigenvalue weighted by Crippen LogP contribution is 2.32. The second-order valence-electron chi connectivity index (χ2n) is 9.33. The maximum atomic E-state index is 13.4. The van der Waals surface area contributed by atoms with Crippen molar-refractivity contribution in [2.75, 3.05) is 5.73 Å². The zero-order chi connectivity index (χ0) is 26.9. The number of nitrogens with one attached hydrogen (secondary N) is 1. The Hall–Kier alpha value is -5.31. The fraction of sp³-hybridized carbons (Fsp3) is 0.100. The van der Waals surface area contributed by atoms with Gasteiger partial charge in [-0.1, -0.05) is 54.6 Å². The van der Waals surface area contributed by atoms with Crippen LogP contribution in [0.4, 0.5) is 5.82 Å². The molecule has 0 aliphatic heterocycles. The molecule has 0 fully saturated rings. The summed E-state index contributed by atoms with van der Waals surface area (Å²) in [6.45, 7) is 1.92. The Balaban J connectivity index is 1.42. The van der Waals surface area contributed by atoms with Crippen molar-refractivity contribution in [2.24, 2.45) is 7.05 Å². The normalized spacial score (nSPS) is 12.4. The average molecular weight is 515 g/mol. The number of nitrogen functional groups attached to an aromatic ring is 1. The number of hydrogen-bond acceptors (Lipinski definition) is 6. The Morgan fingerprint density at radius 1 is 1.08 bits per heavy atom. The molecule has 0 saturated heterocycles. The molecule has 4 heterocycles. The van der Waals surface area contributed by atoms with E-state index in [1.54, 1.807) is 23.1 Å². The van der Waals surface area contributed by atoms with Crippen LogP contribution in [-0.2, 0) is 7.05 Å². The lowest BCUT2D eigenvalue weighted by molar-refractivity contribution is 0.0941. The highest BCUT2D eigenvalue weighted by molar-refractivity contribution is 6.04. The number of nitrogens with two attached hydrogens (primary N) is 1. The number of carbonyl (C=O) groups excluding carboxylic acids is 1. The highest BCUT2D eigenvalue weighted by atomic mass is 16.1. The summed E-state index contributed by atoms with van der Waals surface area (Å²) in [4.78, 5) is 22.7. The topological polar surface area (TPSA) is 116 Å². The van der Waals surface area contributed by atoms with E-state index >= 15 is 0 Å². The minimum atomic E-state index is -0.426. The number of benzene rings is 2. The molecular formula is C30H26N8O. The van der Waals surface area contributed by atoms with Crippen LogP contribution in [0.15, 0.2) is 85.5 Å². The number of fused-ring (bicyclic) bond motifs is 2. The number of rotatable bonds is 6. The van der Waals surface area contributed by atoms with E-state index in [1.807, 2.05) is 74.9 Å². The molecule has 0 aliphatic carbocycles. The second-order valence-corrected chi connectivity index (χ2v) is 9.33. The predicted octanol–water partition coefficient (Wildman–Crippen LogP) is 4.92. The molecule has 4 aromatic heterocycles. The molecule has 1 unspecified atom stereocenters. The number of hydrogen-bond donors (Lipinski definition) is 2. The van der Waals surface area contributed by atoms with Crippen LogP contribution in [-0.4, -0.2) is 35.3 Å². The highest BCUT2D eigenvalue weighted by Gasteiger charge is 2.23. The number of amides is 1. The van der Waals surface area contributed by atoms with Crippen molar-refractivity contribution in [3.05, 3.63) is 108 Å². The van der Waals surface area contributed by atoms with Crippen LogP contribution in [0.25, 0.3) is 39.8 Å². The molecule has 39 heavy (non-hydrogen) atoms. The molecule has 6 aromatic rings. The lowest BCUT2D eigenvalue weighted by Gasteiger charge is -2.19. The van der Waals surface area contributed by atoms with E-state index in [0.29, 0.717) is 5.65 Å². The zero-order valence-corrected chi connectivity index (χ0v) is 21.5. The monoisotopic (exact) mass is 514 g/mol. The molecule has 0 spiro atoms. The van der Waals surface area contributed by atoms with Crippen LogP contribution in [0.2, 0.25) is 0 Å². The first-order valence-electron chi connectivity index (χ1n) is 12.5. The molecule has 0 saturated carbocycles. The average Bonchev–Trinajstić information content (AvgIpc) is 3.52. The van der Waals surface area contributed by atoms with Crippen molar-refractivity contribution >= 4 is 40.4 Å². The maximum absolute atomic E-state index is 13.4. The Bertz CT molecular complexity index is 1850. The summed E-state index contributed by atoms with van der Waals surface area (Å²) in [5.41, 5.74) is 12.3. The third-order valence-electron chi connectivity index (χ3n) is 6.59. The van der Waals surface area contributed by atoms with Gasteiger partial charge in [-0.3, -0.25) is 9.48 Å². The second kappa shape index (κ2) is 9.86. The lowest BCUT2D eigenvalue weighted by atomic mass is 9.96. The van der Waals surface area contributed by atoms with E-state index in [2.05, 4.69) is 38.7 Å². The van der Waals surface area contributed by atoms with Crippen molar-refractivity contribution in [1.82, 2.24) is 34.7 Å². The van der Waals surface area contributed by atoms with Gasteiger partial charge in [-0.2, -0.15) is 5.10 Å². The number of aryl methyl sites for hydroxylation is 1. The SMILES string of the molecule is CC(NC(=O)c1c(N)nn2cccnc12)c1nc2cccc(/C=C/c3cnn(C)c3)c2cc1-c1ccccc1. The predicted molar refractivity (Wildman–Crippen MR) is 153 cm³/mol. The van der Waals surface area contributed by atoms with Gasteiger partial charge in [0, 0.05) is 42.2 Å². The Kier molecular flexibility index (Phi) is 6.08. The molecule has 0 aliphatic rings. The molecule has 0 radical (unpaired) electrons. The number of carbonyl (C=O) groups is 1. The van der Waals surface area contributed by atoms with Crippen molar-refractivity contribution in [3.63, 3.8) is 0 Å². The van der Waals surface area contributed by atoms with Gasteiger partial charge in [-0.05, 0) is 36.2 Å². The van der Waals surface area contributed by atoms with Gasteiger partial charge in [0.2, 0.25) is 0 Å². The molecule has 2 aromatic carbocycles. The van der Waals surface area contributed by atoms with Gasteiger partial charge in [0.05, 0.1) is 23.4 Å². The van der Waals surface area contributed by atoms with E-state index < -0.39 is 6.04 Å². The van der Waals surface area contributed by atoms with Gasteiger partial charge in [0.1, 0.15) is 5.56 Å². The van der Waals surface area contributed by atoms with Crippen LogP contribution >= 0.6 is 0 Å². The van der Waals surface area contributed by atoms with Gasteiger partial charge in [-0.25, -0.2) is 14.5 Å². The molecule has 192 valence electrons. The number of anilines is 1. The van der Waals surface area contributed by atoms with Crippen molar-refractivity contribution < 1.29 is 4.79 Å². The molecule has 9 heteroatoms. The molecule has 9 nitrogen and oxygen atoms in total. The van der Waals surface area contributed by atoms with Crippen molar-refractivity contribution in [2.45, 2.75) is 13.0 Å². The van der Waals surface area contributed by atoms with E-state index in [0.717, 1.165) is 38.9 Å². The van der Waals surface area contributed by atoms with E-state index in [9.17, 15) is 4.79 Å². The quantitative estimate of drug-likeness (QED) is 0.326. The van der Waals surface area contributed by atoms with Crippen LogP contribution in [0.3, 0.4) is 0 Å². The van der Waals surface area contributed by atoms with Crippen molar-refractivity contribution in [1.29, 1.82) is 0 Å². The van der Waals surface area contributed by atoms with Gasteiger partial charge < -0.3 is 11.1 Å². The molecule has 3 N–H and O–H groups in total. The van der Waals surface area contributed by atoms with Crippen LogP contribution in [0.5, 0.6) is 0 Å². The van der Waals surface area contributed by atoms with Crippen LogP contribution in [0.1, 0.15) is 40.1 Å². The molecule has 1 atom stereocenters. The third kappa shape index (κ3) is 4.61. The van der Waals surface area contributed by atoms with Crippen LogP contribution < -0.4 is 11.1 Å². The fourth-order valence-corrected chi connectivity index (χ4v) is 4.73. The Morgan fingerprint density at radius 2 is 1.92 bits per heavy atom. The summed E-state index contributed by atoms with van der Waals surface area (Å²) in [7, 11) is 1.90. The summed E-state index contributed by atoms with van der Waals surface area (Å²) in [5, 5.41) is 12.5. The van der Waals surface area contributed by atoms with E-state index in [-0.39, 0.29) is 17.3 Å². The fourth-order valence-electron chi connectivity index (χ4n) is 4.73. The van der Waals surface area contributed by atoms with Gasteiger partial charge in [-0.15, -0.1) is 5.10 Å². The Morgan fingerprint density at radius 3 is 2.72 bits per heavy atom. The van der Waals surface area contributed by atoms with Gasteiger partial charge in [0.15, 0.2) is 11.5 Å². The minimum absolute atomic E-state index is 0.123. The Labute approximate surface area is 224 Å². The molecule has 1 amide bonds. The van der Waals surface area contributed by atoms with E-state index in [4.69, 9.17) is 10.7 Å². The zero-order valence-electron chi connectivity index (χ0n) is 21.5. The molecule has 6 rings (SSSR count). The molecular weight excluding hydrogens is 488 g/mol.